The molecule has 0 radical (unpaired) electrons. The fraction of sp³-hybridized carbons (Fsp3) is 0.500. The van der Waals surface area contributed by atoms with Crippen LogP contribution in [0.15, 0.2) is 24.3 Å². The molecule has 0 unspecified atom stereocenters. The second-order valence-electron chi connectivity index (χ2n) is 5.18. The third kappa shape index (κ3) is 3.03. The van der Waals surface area contributed by atoms with Gasteiger partial charge < -0.3 is 10.0 Å². The van der Waals surface area contributed by atoms with E-state index in [9.17, 15) is 4.79 Å². The molecule has 7 heteroatoms. The van der Waals surface area contributed by atoms with Gasteiger partial charge >= 0.3 is 0 Å². The predicted molar refractivity (Wildman–Crippen MR) is 77.6 cm³/mol. The minimum absolute atomic E-state index is 0.0642. The fourth-order valence-corrected chi connectivity index (χ4v) is 2.62. The number of nitrogens with zero attached hydrogens (tertiary/aromatic N) is 5. The number of hydrogen-bond acceptors (Lipinski definition) is 5. The summed E-state index contributed by atoms with van der Waals surface area (Å²) in [6, 6.07) is 7.63. The minimum atomic E-state index is 0.0642. The van der Waals surface area contributed by atoms with Crippen LogP contribution in [0, 0.1) is 0 Å². The zero-order valence-corrected chi connectivity index (χ0v) is 11.9. The van der Waals surface area contributed by atoms with Gasteiger partial charge in [0.05, 0.1) is 12.1 Å². The molecule has 0 bridgehead atoms. The summed E-state index contributed by atoms with van der Waals surface area (Å²) in [5, 5.41) is 17.0. The molecule has 1 aromatic heterocycles. The Labute approximate surface area is 122 Å². The number of β-amino-alcohol motifs (C(OH)–C–C–N with tert-alkyl or cyclic N) is 1. The van der Waals surface area contributed by atoms with Crippen molar-refractivity contribution in [2.45, 2.75) is 6.54 Å². The summed E-state index contributed by atoms with van der Waals surface area (Å²) in [5.41, 5.74) is 1.68. The van der Waals surface area contributed by atoms with Crippen molar-refractivity contribution in [3.63, 3.8) is 0 Å². The summed E-state index contributed by atoms with van der Waals surface area (Å²) >= 11 is 0. The number of aliphatic hydroxyl groups excluding tert-OH is 1. The molecular formula is C14H19N5O2. The van der Waals surface area contributed by atoms with Crippen LogP contribution in [0.2, 0.25) is 0 Å². The lowest BCUT2D eigenvalue weighted by Gasteiger charge is -2.34. The molecule has 7 nitrogen and oxygen atoms in total. The molecule has 1 aliphatic rings. The Morgan fingerprint density at radius 2 is 1.95 bits per heavy atom. The van der Waals surface area contributed by atoms with E-state index in [-0.39, 0.29) is 19.1 Å². The standard InChI is InChI=1S/C14H19N5O2/c20-10-9-17-5-7-18(8-6-17)14(21)11-19-13-4-2-1-3-12(13)15-16-19/h1-4,20H,5-11H2. The van der Waals surface area contributed by atoms with Gasteiger partial charge in [-0.25, -0.2) is 4.68 Å². The SMILES string of the molecule is O=C(Cn1nnc2ccccc21)N1CCN(CCO)CC1. The van der Waals surface area contributed by atoms with E-state index in [1.807, 2.05) is 29.2 Å². The average Bonchev–Trinajstić information content (AvgIpc) is 2.92. The van der Waals surface area contributed by atoms with Gasteiger partial charge in [0.1, 0.15) is 12.1 Å². The summed E-state index contributed by atoms with van der Waals surface area (Å²) in [5.74, 6) is 0.0642. The van der Waals surface area contributed by atoms with E-state index in [1.165, 1.54) is 0 Å². The van der Waals surface area contributed by atoms with Crippen LogP contribution in [0.4, 0.5) is 0 Å². The summed E-state index contributed by atoms with van der Waals surface area (Å²) in [6.45, 7) is 4.08. The van der Waals surface area contributed by atoms with Gasteiger partial charge in [0, 0.05) is 32.7 Å². The molecule has 21 heavy (non-hydrogen) atoms. The molecule has 2 aromatic rings. The zero-order chi connectivity index (χ0) is 14.7. The molecule has 0 spiro atoms. The van der Waals surface area contributed by atoms with Gasteiger partial charge in [-0.1, -0.05) is 17.3 Å². The molecule has 1 saturated heterocycles. The number of carbonyl (C=O) groups is 1. The van der Waals surface area contributed by atoms with Crippen LogP contribution in [0.25, 0.3) is 11.0 Å². The highest BCUT2D eigenvalue weighted by molar-refractivity contribution is 5.79. The van der Waals surface area contributed by atoms with Crippen LogP contribution < -0.4 is 0 Å². The van der Waals surface area contributed by atoms with Crippen molar-refractivity contribution in [3.8, 4) is 0 Å². The van der Waals surface area contributed by atoms with Crippen molar-refractivity contribution in [2.24, 2.45) is 0 Å². The number of piperazine rings is 1. The first-order valence-corrected chi connectivity index (χ1v) is 7.17. The van der Waals surface area contributed by atoms with Crippen LogP contribution in [0.3, 0.4) is 0 Å². The average molecular weight is 289 g/mol. The second kappa shape index (κ2) is 6.19. The van der Waals surface area contributed by atoms with Crippen molar-refractivity contribution < 1.29 is 9.90 Å². The van der Waals surface area contributed by atoms with Crippen molar-refractivity contribution >= 4 is 16.9 Å². The Bertz CT molecular complexity index is 619. The van der Waals surface area contributed by atoms with Gasteiger partial charge in [-0.3, -0.25) is 9.69 Å². The molecule has 0 saturated carbocycles. The Hall–Kier alpha value is -1.99. The number of rotatable bonds is 4. The molecule has 0 aliphatic carbocycles. The normalized spacial score (nSPS) is 16.5. The van der Waals surface area contributed by atoms with E-state index >= 15 is 0 Å². The lowest BCUT2D eigenvalue weighted by Crippen LogP contribution is -2.50. The molecule has 3 rings (SSSR count). The van der Waals surface area contributed by atoms with Crippen molar-refractivity contribution in [1.82, 2.24) is 24.8 Å². The Morgan fingerprint density at radius 3 is 2.71 bits per heavy atom. The minimum Gasteiger partial charge on any atom is -0.395 e. The highest BCUT2D eigenvalue weighted by Crippen LogP contribution is 2.10. The molecule has 1 fully saturated rings. The number of para-hydroxylation sites is 1. The van der Waals surface area contributed by atoms with E-state index in [4.69, 9.17) is 5.11 Å². The number of amides is 1. The van der Waals surface area contributed by atoms with Crippen LogP contribution in [0.1, 0.15) is 0 Å². The summed E-state index contributed by atoms with van der Waals surface area (Å²) in [4.78, 5) is 16.4. The van der Waals surface area contributed by atoms with Crippen LogP contribution in [-0.4, -0.2) is 75.1 Å². The maximum atomic E-state index is 12.3. The maximum Gasteiger partial charge on any atom is 0.244 e. The van der Waals surface area contributed by atoms with Crippen molar-refractivity contribution in [2.75, 3.05) is 39.3 Å². The quantitative estimate of drug-likeness (QED) is 0.826. The smallest absolute Gasteiger partial charge is 0.244 e. The van der Waals surface area contributed by atoms with Crippen molar-refractivity contribution in [1.29, 1.82) is 0 Å². The molecule has 1 amide bonds. The summed E-state index contributed by atoms with van der Waals surface area (Å²) < 4.78 is 1.65. The van der Waals surface area contributed by atoms with Gasteiger partial charge in [-0.15, -0.1) is 5.10 Å². The number of hydrogen-bond donors (Lipinski definition) is 1. The van der Waals surface area contributed by atoms with Gasteiger partial charge in [0.25, 0.3) is 0 Å². The van der Waals surface area contributed by atoms with Crippen molar-refractivity contribution in [3.05, 3.63) is 24.3 Å². The Balaban J connectivity index is 1.62. The molecule has 1 aliphatic heterocycles. The third-order valence-corrected chi connectivity index (χ3v) is 3.85. The maximum absolute atomic E-state index is 12.3. The first kappa shape index (κ1) is 14.0. The monoisotopic (exact) mass is 289 g/mol. The van der Waals surface area contributed by atoms with E-state index in [0.29, 0.717) is 19.6 Å². The van der Waals surface area contributed by atoms with Crippen LogP contribution >= 0.6 is 0 Å². The number of aromatic nitrogens is 3. The Kier molecular flexibility index (Phi) is 4.12. The lowest BCUT2D eigenvalue weighted by atomic mass is 10.3. The predicted octanol–water partition coefficient (Wildman–Crippen LogP) is -0.432. The summed E-state index contributed by atoms with van der Waals surface area (Å²) in [6.07, 6.45) is 0. The zero-order valence-electron chi connectivity index (χ0n) is 11.9. The topological polar surface area (TPSA) is 74.5 Å². The second-order valence-corrected chi connectivity index (χ2v) is 5.18. The van der Waals surface area contributed by atoms with E-state index in [0.717, 1.165) is 24.1 Å². The Morgan fingerprint density at radius 1 is 1.19 bits per heavy atom. The third-order valence-electron chi connectivity index (χ3n) is 3.85. The van der Waals surface area contributed by atoms with E-state index < -0.39 is 0 Å². The number of fused-ring (bicyclic) bond motifs is 1. The first-order valence-electron chi connectivity index (χ1n) is 7.17. The number of benzene rings is 1. The fourth-order valence-electron chi connectivity index (χ4n) is 2.62. The first-order chi connectivity index (χ1) is 10.3. The van der Waals surface area contributed by atoms with Gasteiger partial charge in [0.2, 0.25) is 5.91 Å². The number of carbonyl (C=O) groups excluding carboxylic acids is 1. The molecule has 0 atom stereocenters. The van der Waals surface area contributed by atoms with Gasteiger partial charge in [-0.05, 0) is 12.1 Å². The highest BCUT2D eigenvalue weighted by Gasteiger charge is 2.21. The number of aliphatic hydroxyl groups is 1. The molecule has 1 aromatic carbocycles. The molecule has 112 valence electrons. The summed E-state index contributed by atoms with van der Waals surface area (Å²) in [7, 11) is 0. The van der Waals surface area contributed by atoms with E-state index in [2.05, 4.69) is 15.2 Å². The largest absolute Gasteiger partial charge is 0.395 e. The molecular weight excluding hydrogens is 270 g/mol. The molecule has 1 N–H and O–H groups in total. The van der Waals surface area contributed by atoms with E-state index in [1.54, 1.807) is 4.68 Å². The van der Waals surface area contributed by atoms with Crippen LogP contribution in [-0.2, 0) is 11.3 Å². The van der Waals surface area contributed by atoms with Crippen LogP contribution in [0.5, 0.6) is 0 Å². The van der Waals surface area contributed by atoms with Gasteiger partial charge in [0.15, 0.2) is 0 Å². The lowest BCUT2D eigenvalue weighted by molar-refractivity contribution is -0.133. The van der Waals surface area contributed by atoms with Gasteiger partial charge in [-0.2, -0.15) is 0 Å². The highest BCUT2D eigenvalue weighted by atomic mass is 16.3. The molecule has 2 heterocycles.